The molecule has 1 fully saturated rings. The molecule has 2 atom stereocenters. The van der Waals surface area contributed by atoms with Gasteiger partial charge in [0.05, 0.1) is 6.54 Å². The fraction of sp³-hybridized carbons (Fsp3) is 0.533. The van der Waals surface area contributed by atoms with E-state index in [0.717, 1.165) is 6.42 Å². The van der Waals surface area contributed by atoms with Gasteiger partial charge < -0.3 is 5.32 Å². The zero-order valence-electron chi connectivity index (χ0n) is 13.3. The molecule has 1 aliphatic heterocycles. The Morgan fingerprint density at radius 3 is 2.35 bits per heavy atom. The van der Waals surface area contributed by atoms with Crippen molar-refractivity contribution in [3.63, 3.8) is 0 Å². The van der Waals surface area contributed by atoms with Crippen LogP contribution in [-0.2, 0) is 15.0 Å². The molecule has 0 spiro atoms. The average Bonchev–Trinajstić information content (AvgIpc) is 2.47. The molecule has 0 radical (unpaired) electrons. The summed E-state index contributed by atoms with van der Waals surface area (Å²) in [5.41, 5.74) is 0.413. The summed E-state index contributed by atoms with van der Waals surface area (Å²) in [7, 11) is -3.68. The fourth-order valence-corrected chi connectivity index (χ4v) is 4.19. The first-order valence-electron chi connectivity index (χ1n) is 7.56. The van der Waals surface area contributed by atoms with Crippen molar-refractivity contribution in [2.75, 3.05) is 25.0 Å². The van der Waals surface area contributed by atoms with Gasteiger partial charge in [-0.2, -0.15) is 17.4 Å². The van der Waals surface area contributed by atoms with Crippen LogP contribution in [0.4, 0.5) is 10.1 Å². The van der Waals surface area contributed by atoms with Crippen LogP contribution in [0.3, 0.4) is 0 Å². The molecule has 1 amide bonds. The molecular weight excluding hydrogens is 321 g/mol. The zero-order chi connectivity index (χ0) is 17.0. The molecule has 0 saturated carbocycles. The van der Waals surface area contributed by atoms with Gasteiger partial charge in [-0.25, -0.2) is 4.39 Å². The minimum atomic E-state index is -3.68. The van der Waals surface area contributed by atoms with E-state index in [1.54, 1.807) is 0 Å². The maximum Gasteiger partial charge on any atom is 0.279 e. The standard InChI is InChI=1S/C15H22FN3O3S/c1-11-7-12(2)10-19(9-11)23(21,22)17-8-15(20)18-14-5-3-13(16)4-6-14/h3-6,11-12,17H,7-10H2,1-2H3,(H,18,20). The number of hydrogen-bond donors (Lipinski definition) is 2. The molecule has 23 heavy (non-hydrogen) atoms. The lowest BCUT2D eigenvalue weighted by Crippen LogP contribution is -2.49. The molecule has 2 rings (SSSR count). The van der Waals surface area contributed by atoms with Gasteiger partial charge in [-0.15, -0.1) is 0 Å². The second kappa shape index (κ2) is 7.37. The van der Waals surface area contributed by atoms with Gasteiger partial charge in [0.1, 0.15) is 5.82 Å². The second-order valence-electron chi connectivity index (χ2n) is 6.14. The highest BCUT2D eigenvalue weighted by Gasteiger charge is 2.30. The van der Waals surface area contributed by atoms with Crippen molar-refractivity contribution in [1.29, 1.82) is 0 Å². The topological polar surface area (TPSA) is 78.5 Å². The third-order valence-corrected chi connectivity index (χ3v) is 5.21. The third-order valence-electron chi connectivity index (χ3n) is 3.72. The summed E-state index contributed by atoms with van der Waals surface area (Å²) in [4.78, 5) is 11.8. The van der Waals surface area contributed by atoms with Crippen molar-refractivity contribution in [1.82, 2.24) is 9.03 Å². The van der Waals surface area contributed by atoms with E-state index in [1.807, 2.05) is 13.8 Å². The highest BCUT2D eigenvalue weighted by atomic mass is 32.2. The van der Waals surface area contributed by atoms with Crippen molar-refractivity contribution in [2.24, 2.45) is 11.8 Å². The maximum absolute atomic E-state index is 12.8. The Bertz CT molecular complexity index is 638. The molecule has 1 saturated heterocycles. The van der Waals surface area contributed by atoms with Crippen LogP contribution in [0.15, 0.2) is 24.3 Å². The van der Waals surface area contributed by atoms with Crippen molar-refractivity contribution in [3.05, 3.63) is 30.1 Å². The second-order valence-corrected chi connectivity index (χ2v) is 7.90. The predicted molar refractivity (Wildman–Crippen MR) is 86.5 cm³/mol. The average molecular weight is 343 g/mol. The fourth-order valence-electron chi connectivity index (χ4n) is 2.79. The Labute approximate surface area is 136 Å². The zero-order valence-corrected chi connectivity index (χ0v) is 14.1. The number of amides is 1. The van der Waals surface area contributed by atoms with E-state index in [4.69, 9.17) is 0 Å². The van der Waals surface area contributed by atoms with Gasteiger partial charge in [0.15, 0.2) is 0 Å². The number of halogens is 1. The van der Waals surface area contributed by atoms with Crippen molar-refractivity contribution in [3.8, 4) is 0 Å². The number of piperidine rings is 1. The van der Waals surface area contributed by atoms with Gasteiger partial charge in [-0.1, -0.05) is 13.8 Å². The molecular formula is C15H22FN3O3S. The Morgan fingerprint density at radius 2 is 1.78 bits per heavy atom. The lowest BCUT2D eigenvalue weighted by molar-refractivity contribution is -0.115. The number of carbonyl (C=O) groups is 1. The molecule has 0 bridgehead atoms. The van der Waals surface area contributed by atoms with Crippen LogP contribution in [0.25, 0.3) is 0 Å². The highest BCUT2D eigenvalue weighted by Crippen LogP contribution is 2.22. The summed E-state index contributed by atoms with van der Waals surface area (Å²) in [6.45, 7) is 4.58. The number of hydrogen-bond acceptors (Lipinski definition) is 3. The third kappa shape index (κ3) is 5.26. The number of nitrogens with zero attached hydrogens (tertiary/aromatic N) is 1. The maximum atomic E-state index is 12.8. The summed E-state index contributed by atoms with van der Waals surface area (Å²) >= 11 is 0. The first-order valence-corrected chi connectivity index (χ1v) is 9.00. The monoisotopic (exact) mass is 343 g/mol. The van der Waals surface area contributed by atoms with E-state index >= 15 is 0 Å². The summed E-state index contributed by atoms with van der Waals surface area (Å²) in [6, 6.07) is 5.26. The molecule has 1 aliphatic rings. The molecule has 0 aliphatic carbocycles. The Kier molecular flexibility index (Phi) is 5.72. The Hall–Kier alpha value is -1.51. The van der Waals surface area contributed by atoms with Crippen molar-refractivity contribution < 1.29 is 17.6 Å². The first kappa shape index (κ1) is 17.8. The van der Waals surface area contributed by atoms with Crippen LogP contribution in [0.1, 0.15) is 20.3 Å². The van der Waals surface area contributed by atoms with Gasteiger partial charge >= 0.3 is 0 Å². The number of rotatable bonds is 5. The summed E-state index contributed by atoms with van der Waals surface area (Å²) in [5, 5.41) is 2.51. The van der Waals surface area contributed by atoms with Gasteiger partial charge in [-0.05, 0) is 42.5 Å². The summed E-state index contributed by atoms with van der Waals surface area (Å²) < 4.78 is 41.0. The number of carbonyl (C=O) groups excluding carboxylic acids is 1. The van der Waals surface area contributed by atoms with E-state index in [-0.39, 0.29) is 6.54 Å². The smallest absolute Gasteiger partial charge is 0.279 e. The normalized spacial score (nSPS) is 22.7. The van der Waals surface area contributed by atoms with E-state index in [1.165, 1.54) is 28.6 Å². The van der Waals surface area contributed by atoms with Gasteiger partial charge in [0.2, 0.25) is 5.91 Å². The molecule has 6 nitrogen and oxygen atoms in total. The molecule has 2 N–H and O–H groups in total. The number of anilines is 1. The minimum absolute atomic E-state index is 0.295. The quantitative estimate of drug-likeness (QED) is 0.852. The Balaban J connectivity index is 1.88. The van der Waals surface area contributed by atoms with E-state index in [2.05, 4.69) is 10.0 Å². The van der Waals surface area contributed by atoms with E-state index < -0.39 is 21.9 Å². The lowest BCUT2D eigenvalue weighted by Gasteiger charge is -2.33. The van der Waals surface area contributed by atoms with Crippen molar-refractivity contribution >= 4 is 21.8 Å². The molecule has 1 aromatic rings. The van der Waals surface area contributed by atoms with Gasteiger partial charge in [0.25, 0.3) is 10.2 Å². The SMILES string of the molecule is CC1CC(C)CN(S(=O)(=O)NCC(=O)Nc2ccc(F)cc2)C1. The van der Waals surface area contributed by atoms with E-state index in [9.17, 15) is 17.6 Å². The van der Waals surface area contributed by atoms with Crippen LogP contribution in [0, 0.1) is 17.7 Å². The molecule has 128 valence electrons. The lowest BCUT2D eigenvalue weighted by atomic mass is 9.94. The van der Waals surface area contributed by atoms with Crippen LogP contribution in [0.5, 0.6) is 0 Å². The van der Waals surface area contributed by atoms with Crippen LogP contribution in [0.2, 0.25) is 0 Å². The van der Waals surface area contributed by atoms with E-state index in [0.29, 0.717) is 30.6 Å². The predicted octanol–water partition coefficient (Wildman–Crippen LogP) is 1.58. The summed E-state index contributed by atoms with van der Waals surface area (Å²) in [5.74, 6) is -0.318. The van der Waals surface area contributed by atoms with Gasteiger partial charge in [0, 0.05) is 18.8 Å². The van der Waals surface area contributed by atoms with Crippen LogP contribution >= 0.6 is 0 Å². The minimum Gasteiger partial charge on any atom is -0.325 e. The molecule has 1 aromatic carbocycles. The first-order chi connectivity index (χ1) is 10.8. The number of benzene rings is 1. The molecule has 0 aromatic heterocycles. The highest BCUT2D eigenvalue weighted by molar-refractivity contribution is 7.87. The van der Waals surface area contributed by atoms with Crippen molar-refractivity contribution in [2.45, 2.75) is 20.3 Å². The van der Waals surface area contributed by atoms with Gasteiger partial charge in [-0.3, -0.25) is 4.79 Å². The molecule has 2 unspecified atom stereocenters. The molecule has 1 heterocycles. The van der Waals surface area contributed by atoms with Crippen LogP contribution in [-0.4, -0.2) is 38.3 Å². The number of nitrogens with one attached hydrogen (secondary N) is 2. The van der Waals surface area contributed by atoms with Crippen LogP contribution < -0.4 is 10.0 Å². The largest absolute Gasteiger partial charge is 0.325 e. The Morgan fingerprint density at radius 1 is 1.22 bits per heavy atom. The molecule has 8 heteroatoms. The summed E-state index contributed by atoms with van der Waals surface area (Å²) in [6.07, 6.45) is 0.997.